The van der Waals surface area contributed by atoms with Gasteiger partial charge in [-0.25, -0.2) is 0 Å². The normalized spacial score (nSPS) is 73.0. The standard InChI is InChI=1S/C22H32P2/c1-13-2-15-3-14(1)8-21(7-13,9-15)19-23-20(24(19)23)22-10-16-4-17(11-22)6-18(5-16)12-22/h13-20H,1-12H2. The van der Waals surface area contributed by atoms with Crippen LogP contribution in [0.2, 0.25) is 0 Å². The van der Waals surface area contributed by atoms with Gasteiger partial charge in [-0.1, -0.05) is 15.2 Å². The van der Waals surface area contributed by atoms with E-state index < -0.39 is 0 Å². The highest BCUT2D eigenvalue weighted by atomic mass is 32.2. The van der Waals surface area contributed by atoms with Gasteiger partial charge in [0.25, 0.3) is 0 Å². The van der Waals surface area contributed by atoms with Gasteiger partial charge in [0, 0.05) is 10.8 Å². The third-order valence-electron chi connectivity index (χ3n) is 10.4. The van der Waals surface area contributed by atoms with Crippen LogP contribution < -0.4 is 0 Å². The number of fused-ring (bicyclic) bond motifs is 1. The van der Waals surface area contributed by atoms with Crippen molar-refractivity contribution in [2.75, 3.05) is 0 Å². The van der Waals surface area contributed by atoms with Crippen molar-refractivity contribution in [3.63, 3.8) is 0 Å². The lowest BCUT2D eigenvalue weighted by Gasteiger charge is -2.60. The van der Waals surface area contributed by atoms with Gasteiger partial charge < -0.3 is 0 Å². The minimum Gasteiger partial charge on any atom is -0.0627 e. The molecule has 0 atom stereocenters. The third-order valence-corrected chi connectivity index (χ3v) is 20.1. The van der Waals surface area contributed by atoms with E-state index in [-0.39, 0.29) is 0 Å². The van der Waals surface area contributed by atoms with Crippen LogP contribution in [0.1, 0.15) is 77.0 Å². The molecule has 2 heteroatoms. The summed E-state index contributed by atoms with van der Waals surface area (Å²) in [6, 6.07) is 0. The summed E-state index contributed by atoms with van der Waals surface area (Å²) in [4.78, 5) is 0. The Hall–Kier alpha value is 0.860. The summed E-state index contributed by atoms with van der Waals surface area (Å²) in [5.74, 6) is 7.18. The molecule has 0 radical (unpaired) electrons. The molecule has 8 aliphatic carbocycles. The molecule has 0 N–H and O–H groups in total. The zero-order valence-corrected chi connectivity index (χ0v) is 16.8. The first-order valence-electron chi connectivity index (χ1n) is 11.3. The predicted molar refractivity (Wildman–Crippen MR) is 103 cm³/mol. The maximum absolute atomic E-state index is 1.72. The first-order valence-corrected chi connectivity index (χ1v) is 14.9. The highest BCUT2D eigenvalue weighted by Crippen LogP contribution is 3.23. The molecular weight excluding hydrogens is 326 g/mol. The molecule has 0 aromatic heterocycles. The van der Waals surface area contributed by atoms with Crippen molar-refractivity contribution in [2.24, 2.45) is 46.3 Å². The summed E-state index contributed by atoms with van der Waals surface area (Å²) in [5, 5.41) is 2.77. The van der Waals surface area contributed by atoms with E-state index in [4.69, 9.17) is 0 Å². The van der Waals surface area contributed by atoms with E-state index in [2.05, 4.69) is 0 Å². The van der Waals surface area contributed by atoms with E-state index in [0.29, 0.717) is 15.2 Å². The van der Waals surface area contributed by atoms with Gasteiger partial charge in [-0.3, -0.25) is 0 Å². The van der Waals surface area contributed by atoms with Crippen LogP contribution in [0.5, 0.6) is 0 Å². The van der Waals surface area contributed by atoms with Crippen molar-refractivity contribution in [2.45, 2.75) is 87.9 Å². The zero-order valence-electron chi connectivity index (χ0n) is 15.0. The van der Waals surface area contributed by atoms with Gasteiger partial charge in [0.15, 0.2) is 0 Å². The highest BCUT2D eigenvalue weighted by molar-refractivity contribution is 8.62. The van der Waals surface area contributed by atoms with E-state index in [1.807, 2.05) is 0 Å². The van der Waals surface area contributed by atoms with Crippen molar-refractivity contribution in [3.8, 4) is 0 Å². The van der Waals surface area contributed by atoms with Crippen LogP contribution in [0, 0.1) is 46.3 Å². The minimum atomic E-state index is 0.612. The van der Waals surface area contributed by atoms with E-state index in [0.717, 1.165) is 10.8 Å². The molecule has 0 aromatic carbocycles. The maximum Gasteiger partial charge on any atom is 0.0141 e. The fourth-order valence-corrected chi connectivity index (χ4v) is 23.6. The van der Waals surface area contributed by atoms with Crippen molar-refractivity contribution in [1.29, 1.82) is 0 Å². The minimum absolute atomic E-state index is 0.612. The van der Waals surface area contributed by atoms with Crippen LogP contribution in [0.4, 0.5) is 0 Å². The van der Waals surface area contributed by atoms with Crippen LogP contribution in [-0.2, 0) is 0 Å². The Morgan fingerprint density at radius 3 is 0.917 bits per heavy atom. The molecule has 10 rings (SSSR count). The molecule has 0 spiro atoms. The second-order valence-corrected chi connectivity index (χ2v) is 19.2. The van der Waals surface area contributed by atoms with Gasteiger partial charge in [-0.15, -0.1) is 0 Å². The second kappa shape index (κ2) is 4.14. The third kappa shape index (κ3) is 1.59. The average Bonchev–Trinajstić information content (AvgIpc) is 3.33. The summed E-state index contributed by atoms with van der Waals surface area (Å²) in [5.41, 5.74) is 1.93. The molecule has 0 aromatic rings. The lowest BCUT2D eigenvalue weighted by atomic mass is 9.50. The largest absolute Gasteiger partial charge is 0.0627 e. The molecular formula is C22H32P2. The number of hydrogen-bond donors (Lipinski definition) is 0. The van der Waals surface area contributed by atoms with Gasteiger partial charge in [0.05, 0.1) is 0 Å². The fraction of sp³-hybridized carbons (Fsp3) is 1.00. The smallest absolute Gasteiger partial charge is 0.0141 e. The van der Waals surface area contributed by atoms with Gasteiger partial charge in [0.2, 0.25) is 0 Å². The molecule has 0 amide bonds. The van der Waals surface area contributed by atoms with Crippen molar-refractivity contribution < 1.29 is 0 Å². The van der Waals surface area contributed by atoms with E-state index >= 15 is 0 Å². The van der Waals surface area contributed by atoms with Crippen molar-refractivity contribution in [1.82, 2.24) is 0 Å². The summed E-state index contributed by atoms with van der Waals surface area (Å²) in [6.45, 7) is 0. The van der Waals surface area contributed by atoms with Gasteiger partial charge in [0.1, 0.15) is 0 Å². The molecule has 2 heterocycles. The van der Waals surface area contributed by atoms with E-state index in [1.165, 1.54) is 46.3 Å². The van der Waals surface area contributed by atoms with Gasteiger partial charge >= 0.3 is 0 Å². The van der Waals surface area contributed by atoms with E-state index in [9.17, 15) is 0 Å². The summed E-state index contributed by atoms with van der Waals surface area (Å²) < 4.78 is 0. The molecule has 8 saturated carbocycles. The number of hydrogen-bond acceptors (Lipinski definition) is 0. The highest BCUT2D eigenvalue weighted by Gasteiger charge is 2.83. The Bertz CT molecular complexity index is 491. The lowest BCUT2D eigenvalue weighted by Crippen LogP contribution is -2.51. The summed E-state index contributed by atoms with van der Waals surface area (Å²) >= 11 is 0. The van der Waals surface area contributed by atoms with Crippen molar-refractivity contribution in [3.05, 3.63) is 0 Å². The Labute approximate surface area is 149 Å². The molecule has 8 bridgehead atoms. The molecule has 10 aliphatic rings. The quantitative estimate of drug-likeness (QED) is 0.467. The molecule has 24 heavy (non-hydrogen) atoms. The molecule has 0 unspecified atom stereocenters. The van der Waals surface area contributed by atoms with Crippen LogP contribution in [0.3, 0.4) is 0 Å². The van der Waals surface area contributed by atoms with Crippen LogP contribution in [0.25, 0.3) is 0 Å². The Balaban J connectivity index is 1.07. The maximum atomic E-state index is 1.72. The summed E-state index contributed by atoms with van der Waals surface area (Å²) in [6.07, 6.45) is 20.2. The van der Waals surface area contributed by atoms with Crippen LogP contribution >= 0.6 is 15.2 Å². The molecule has 10 fully saturated rings. The topological polar surface area (TPSA) is 0 Å². The Morgan fingerprint density at radius 1 is 0.417 bits per heavy atom. The zero-order chi connectivity index (χ0) is 15.3. The van der Waals surface area contributed by atoms with Gasteiger partial charge in [-0.2, -0.15) is 0 Å². The Kier molecular flexibility index (Phi) is 2.41. The second-order valence-electron chi connectivity index (χ2n) is 12.1. The Morgan fingerprint density at radius 2 is 0.667 bits per heavy atom. The average molecular weight is 358 g/mol. The molecule has 2 aliphatic heterocycles. The SMILES string of the molecule is C1C2CC3CC1CC(C1P4C(C56CC7CC(CC(C7)C5)C6)P14)(C2)C3. The first-order chi connectivity index (χ1) is 11.7. The van der Waals surface area contributed by atoms with Crippen LogP contribution in [-0.4, -0.2) is 10.8 Å². The fourth-order valence-electron chi connectivity index (χ4n) is 10.7. The van der Waals surface area contributed by atoms with E-state index in [1.54, 1.807) is 77.0 Å². The summed E-state index contributed by atoms with van der Waals surface area (Å²) in [7, 11) is 1.22. The predicted octanol–water partition coefficient (Wildman–Crippen LogP) is 6.98. The molecule has 130 valence electrons. The van der Waals surface area contributed by atoms with Crippen molar-refractivity contribution >= 4 is 15.2 Å². The first kappa shape index (κ1) is 13.9. The number of rotatable bonds is 2. The van der Waals surface area contributed by atoms with Crippen LogP contribution in [0.15, 0.2) is 0 Å². The van der Waals surface area contributed by atoms with Gasteiger partial charge in [-0.05, 0) is 123 Å². The molecule has 2 saturated heterocycles. The molecule has 0 nitrogen and oxygen atoms in total. The monoisotopic (exact) mass is 358 g/mol. The lowest BCUT2D eigenvalue weighted by molar-refractivity contribution is -0.0497.